The molecule has 1 saturated carbocycles. The zero-order valence-electron chi connectivity index (χ0n) is 10.4. The molecule has 0 aromatic rings. The molecule has 1 aliphatic rings. The van der Waals surface area contributed by atoms with E-state index in [0.29, 0.717) is 25.6 Å². The van der Waals surface area contributed by atoms with Crippen molar-refractivity contribution in [2.45, 2.75) is 44.6 Å². The minimum Gasteiger partial charge on any atom is -0.330 e. The molecule has 0 aromatic carbocycles. The van der Waals surface area contributed by atoms with Crippen LogP contribution < -0.4 is 11.1 Å². The van der Waals surface area contributed by atoms with Crippen LogP contribution in [0.4, 0.5) is 0 Å². The molecular formula is C11H24N2O3S. The molecule has 1 fully saturated rings. The van der Waals surface area contributed by atoms with Crippen molar-refractivity contribution in [3.63, 3.8) is 0 Å². The van der Waals surface area contributed by atoms with E-state index in [1.54, 1.807) is 0 Å². The molecule has 0 aromatic heterocycles. The molecule has 0 amide bonds. The number of nitrogens with one attached hydrogen (secondary N) is 1. The maximum absolute atomic E-state index is 11.3. The van der Waals surface area contributed by atoms with Gasteiger partial charge in [-0.15, -0.1) is 0 Å². The molecule has 0 unspecified atom stereocenters. The fourth-order valence-corrected chi connectivity index (χ4v) is 3.03. The summed E-state index contributed by atoms with van der Waals surface area (Å²) in [6.07, 6.45) is 6.71. The molecule has 3 N–H and O–H groups in total. The number of hydrogen-bond donors (Lipinski definition) is 2. The number of hydrogen-bond acceptors (Lipinski definition) is 5. The molecule has 0 bridgehead atoms. The third-order valence-electron chi connectivity index (χ3n) is 3.00. The third kappa shape index (κ3) is 6.98. The van der Waals surface area contributed by atoms with E-state index in [4.69, 9.17) is 9.92 Å². The highest BCUT2D eigenvalue weighted by atomic mass is 32.2. The molecule has 0 aliphatic heterocycles. The van der Waals surface area contributed by atoms with E-state index < -0.39 is 10.1 Å². The van der Waals surface area contributed by atoms with Gasteiger partial charge in [-0.2, -0.15) is 8.42 Å². The van der Waals surface area contributed by atoms with E-state index >= 15 is 0 Å². The van der Waals surface area contributed by atoms with Gasteiger partial charge < -0.3 is 11.1 Å². The lowest BCUT2D eigenvalue weighted by atomic mass is 9.96. The first-order valence-electron chi connectivity index (χ1n) is 6.44. The van der Waals surface area contributed by atoms with Crippen LogP contribution in [0.2, 0.25) is 0 Å². The van der Waals surface area contributed by atoms with Gasteiger partial charge in [0.2, 0.25) is 0 Å². The highest BCUT2D eigenvalue weighted by Gasteiger charge is 2.13. The molecule has 6 heteroatoms. The van der Waals surface area contributed by atoms with E-state index in [1.807, 2.05) is 0 Å². The summed E-state index contributed by atoms with van der Waals surface area (Å²) in [5, 5.41) is 3.34. The summed E-state index contributed by atoms with van der Waals surface area (Å²) < 4.78 is 27.5. The fraction of sp³-hybridized carbons (Fsp3) is 1.00. The quantitative estimate of drug-likeness (QED) is 0.496. The Hall–Kier alpha value is -0.170. The van der Waals surface area contributed by atoms with Crippen molar-refractivity contribution in [1.29, 1.82) is 0 Å². The fourth-order valence-electron chi connectivity index (χ4n) is 2.06. The second-order valence-corrected chi connectivity index (χ2v) is 6.27. The molecular weight excluding hydrogens is 240 g/mol. The molecule has 17 heavy (non-hydrogen) atoms. The lowest BCUT2D eigenvalue weighted by molar-refractivity contribution is 0.291. The number of nitrogens with two attached hydrogens (primary N) is 1. The Kier molecular flexibility index (Phi) is 7.03. The van der Waals surface area contributed by atoms with Crippen LogP contribution in [0.1, 0.15) is 38.5 Å². The van der Waals surface area contributed by atoms with Crippen molar-refractivity contribution in [2.75, 3.05) is 25.4 Å². The molecule has 1 aliphatic carbocycles. The van der Waals surface area contributed by atoms with Crippen molar-refractivity contribution in [3.05, 3.63) is 0 Å². The first-order valence-corrected chi connectivity index (χ1v) is 8.02. The van der Waals surface area contributed by atoms with Gasteiger partial charge in [0.1, 0.15) is 0 Å². The molecule has 0 heterocycles. The second kappa shape index (κ2) is 8.02. The third-order valence-corrected chi connectivity index (χ3v) is 4.32. The highest BCUT2D eigenvalue weighted by molar-refractivity contribution is 7.86. The molecule has 0 atom stereocenters. The summed E-state index contributed by atoms with van der Waals surface area (Å²) in [5.74, 6) is 0.0208. The van der Waals surface area contributed by atoms with Gasteiger partial charge in [-0.05, 0) is 25.8 Å². The van der Waals surface area contributed by atoms with Crippen LogP contribution in [0, 0.1) is 0 Å². The Balaban J connectivity index is 2.06. The molecule has 102 valence electrons. The van der Waals surface area contributed by atoms with Crippen LogP contribution in [-0.4, -0.2) is 39.9 Å². The minimum atomic E-state index is -3.37. The van der Waals surface area contributed by atoms with Crippen molar-refractivity contribution in [1.82, 2.24) is 5.32 Å². The van der Waals surface area contributed by atoms with Crippen molar-refractivity contribution >= 4 is 10.1 Å². The maximum Gasteiger partial charge on any atom is 0.267 e. The monoisotopic (exact) mass is 264 g/mol. The molecule has 0 saturated heterocycles. The first-order chi connectivity index (χ1) is 8.14. The van der Waals surface area contributed by atoms with Crippen molar-refractivity contribution in [3.8, 4) is 0 Å². The topological polar surface area (TPSA) is 81.4 Å². The van der Waals surface area contributed by atoms with Gasteiger partial charge in [-0.25, -0.2) is 0 Å². The van der Waals surface area contributed by atoms with Gasteiger partial charge >= 0.3 is 0 Å². The lowest BCUT2D eigenvalue weighted by Crippen LogP contribution is -2.34. The maximum atomic E-state index is 11.3. The Morgan fingerprint density at radius 3 is 2.59 bits per heavy atom. The summed E-state index contributed by atoms with van der Waals surface area (Å²) in [7, 11) is -3.37. The number of rotatable bonds is 8. The van der Waals surface area contributed by atoms with Crippen LogP contribution >= 0.6 is 0 Å². The Morgan fingerprint density at radius 1 is 1.24 bits per heavy atom. The Labute approximate surface area is 104 Å². The standard InChI is InChI=1S/C11H24N2O3S/c12-7-4-10-17(14,15)16-9-8-13-11-5-2-1-3-6-11/h11,13H,1-10,12H2. The van der Waals surface area contributed by atoms with Crippen molar-refractivity contribution < 1.29 is 12.6 Å². The second-order valence-electron chi connectivity index (χ2n) is 4.52. The van der Waals surface area contributed by atoms with Crippen molar-refractivity contribution in [2.24, 2.45) is 5.73 Å². The summed E-state index contributed by atoms with van der Waals surface area (Å²) in [6, 6.07) is 0.541. The van der Waals surface area contributed by atoms with Gasteiger partial charge in [-0.3, -0.25) is 4.18 Å². The van der Waals surface area contributed by atoms with Gasteiger partial charge in [0.25, 0.3) is 10.1 Å². The predicted molar refractivity (Wildman–Crippen MR) is 68.3 cm³/mol. The van der Waals surface area contributed by atoms with Gasteiger partial charge in [0.15, 0.2) is 0 Å². The zero-order valence-corrected chi connectivity index (χ0v) is 11.2. The SMILES string of the molecule is NCCCS(=O)(=O)OCCNC1CCCCC1. The van der Waals surface area contributed by atoms with E-state index in [0.717, 1.165) is 0 Å². The predicted octanol–water partition coefficient (Wildman–Crippen LogP) is 0.604. The van der Waals surface area contributed by atoms with E-state index in [1.165, 1.54) is 32.1 Å². The molecule has 0 radical (unpaired) electrons. The lowest BCUT2D eigenvalue weighted by Gasteiger charge is -2.22. The zero-order chi connectivity index (χ0) is 12.6. The highest BCUT2D eigenvalue weighted by Crippen LogP contribution is 2.16. The summed E-state index contributed by atoms with van der Waals surface area (Å²) in [5.41, 5.74) is 5.26. The Morgan fingerprint density at radius 2 is 1.94 bits per heavy atom. The summed E-state index contributed by atoms with van der Waals surface area (Å²) in [4.78, 5) is 0. The summed E-state index contributed by atoms with van der Waals surface area (Å²) >= 11 is 0. The molecule has 1 rings (SSSR count). The van der Waals surface area contributed by atoms with Crippen LogP contribution in [0.25, 0.3) is 0 Å². The smallest absolute Gasteiger partial charge is 0.267 e. The van der Waals surface area contributed by atoms with Crippen LogP contribution in [-0.2, 0) is 14.3 Å². The van der Waals surface area contributed by atoms with E-state index in [2.05, 4.69) is 5.32 Å². The summed E-state index contributed by atoms with van der Waals surface area (Å²) in [6.45, 7) is 1.21. The van der Waals surface area contributed by atoms with Crippen LogP contribution in [0.5, 0.6) is 0 Å². The molecule has 5 nitrogen and oxygen atoms in total. The van der Waals surface area contributed by atoms with Gasteiger partial charge in [0.05, 0.1) is 12.4 Å². The van der Waals surface area contributed by atoms with E-state index in [9.17, 15) is 8.42 Å². The van der Waals surface area contributed by atoms with Gasteiger partial charge in [0, 0.05) is 12.6 Å². The largest absolute Gasteiger partial charge is 0.330 e. The average Bonchev–Trinajstić information content (AvgIpc) is 2.34. The average molecular weight is 264 g/mol. The van der Waals surface area contributed by atoms with Gasteiger partial charge in [-0.1, -0.05) is 19.3 Å². The van der Waals surface area contributed by atoms with Crippen LogP contribution in [0.3, 0.4) is 0 Å². The van der Waals surface area contributed by atoms with E-state index in [-0.39, 0.29) is 12.4 Å². The minimum absolute atomic E-state index is 0.0208. The first kappa shape index (κ1) is 14.9. The molecule has 0 spiro atoms. The van der Waals surface area contributed by atoms with Crippen LogP contribution in [0.15, 0.2) is 0 Å². The Bertz CT molecular complexity index is 287. The normalized spacial score (nSPS) is 18.4.